The molecule has 0 fully saturated rings. The third kappa shape index (κ3) is 9.11. The van der Waals surface area contributed by atoms with Gasteiger partial charge in [-0.3, -0.25) is 0 Å². The molecule has 2 heteroatoms. The average molecular weight is 213 g/mol. The monoisotopic (exact) mass is 214 g/mol. The number of rotatable bonds is 1. The first-order chi connectivity index (χ1) is 2.27. The first kappa shape index (κ1) is 10.5. The zero-order chi connectivity index (χ0) is 4.28. The summed E-state index contributed by atoms with van der Waals surface area (Å²) in [7, 11) is 0. The van der Waals surface area contributed by atoms with Crippen LogP contribution in [-0.4, -0.2) is 60.6 Å². The van der Waals surface area contributed by atoms with Gasteiger partial charge in [0, 0.05) is 6.61 Å². The Labute approximate surface area is 79.2 Å². The Balaban J connectivity index is 0. The van der Waals surface area contributed by atoms with Crippen LogP contribution in [0.3, 0.4) is 0 Å². The molecule has 0 unspecified atom stereocenters. The van der Waals surface area contributed by atoms with Crippen LogP contribution in [0.2, 0.25) is 0 Å². The summed E-state index contributed by atoms with van der Waals surface area (Å²) in [6, 6.07) is 0. The van der Waals surface area contributed by atoms with Gasteiger partial charge in [-0.2, -0.15) is 0 Å². The van der Waals surface area contributed by atoms with Crippen molar-refractivity contribution < 1.29 is 5.11 Å². The van der Waals surface area contributed by atoms with Crippen LogP contribution in [0.1, 0.15) is 13.8 Å². The van der Waals surface area contributed by atoms with E-state index in [-0.39, 0.29) is 48.9 Å². The Hall–Kier alpha value is 1.53. The predicted octanol–water partition coefficient (Wildman–Crippen LogP) is -0.282. The fourth-order valence-corrected chi connectivity index (χ4v) is 0. The van der Waals surface area contributed by atoms with E-state index >= 15 is 0 Å². The van der Waals surface area contributed by atoms with E-state index in [1.54, 1.807) is 0 Å². The van der Waals surface area contributed by atoms with Gasteiger partial charge in [0.15, 0.2) is 0 Å². The molecule has 0 aromatic rings. The van der Waals surface area contributed by atoms with Crippen molar-refractivity contribution in [2.75, 3.05) is 6.61 Å². The Bertz CT molecular complexity index is 21.5. The molecule has 0 heterocycles. The van der Waals surface area contributed by atoms with Crippen LogP contribution >= 0.6 is 0 Å². The van der Waals surface area contributed by atoms with Gasteiger partial charge in [-0.25, -0.2) is 0 Å². The number of hydrogen-bond acceptors (Lipinski definition) is 1. The molecule has 0 spiro atoms. The van der Waals surface area contributed by atoms with E-state index in [4.69, 9.17) is 5.11 Å². The molecule has 0 saturated carbocycles. The molecule has 0 saturated heterocycles. The van der Waals surface area contributed by atoms with Crippen LogP contribution in [0.15, 0.2) is 0 Å². The number of aliphatic hydroxyl groups is 1. The van der Waals surface area contributed by atoms with Crippen molar-refractivity contribution in [3.63, 3.8) is 0 Å². The maximum absolute atomic E-state index is 8.14. The predicted molar refractivity (Wildman–Crippen MR) is 30.5 cm³/mol. The summed E-state index contributed by atoms with van der Waals surface area (Å²) in [5.41, 5.74) is 0. The first-order valence-electron chi connectivity index (χ1n) is 1.88. The molecular weight excluding hydrogens is 201 g/mol. The second kappa shape index (κ2) is 6.53. The summed E-state index contributed by atoms with van der Waals surface area (Å²) in [4.78, 5) is 0. The van der Waals surface area contributed by atoms with E-state index in [0.29, 0.717) is 12.5 Å². The van der Waals surface area contributed by atoms with Crippen LogP contribution < -0.4 is 0 Å². The molecule has 1 nitrogen and oxygen atoms in total. The van der Waals surface area contributed by atoms with E-state index in [0.717, 1.165) is 0 Å². The van der Waals surface area contributed by atoms with E-state index < -0.39 is 0 Å². The molecule has 0 atom stereocenters. The molecule has 0 rings (SSSR count). The van der Waals surface area contributed by atoms with E-state index in [9.17, 15) is 0 Å². The van der Waals surface area contributed by atoms with Crippen molar-refractivity contribution in [1.82, 2.24) is 0 Å². The molecule has 0 aliphatic carbocycles. The molecule has 36 valence electrons. The van der Waals surface area contributed by atoms with Crippen LogP contribution in [0.5, 0.6) is 0 Å². The van der Waals surface area contributed by atoms with Crippen LogP contribution in [0.4, 0.5) is 0 Å². The van der Waals surface area contributed by atoms with E-state index in [1.807, 2.05) is 13.8 Å². The van der Waals surface area contributed by atoms with Gasteiger partial charge in [0.2, 0.25) is 0 Å². The molecule has 0 aliphatic rings. The maximum atomic E-state index is 8.14. The third-order valence-electron chi connectivity index (χ3n) is 0.365. The topological polar surface area (TPSA) is 20.2 Å². The van der Waals surface area contributed by atoms with Crippen molar-refractivity contribution in [3.05, 3.63) is 0 Å². The van der Waals surface area contributed by atoms with Gasteiger partial charge >= 0.3 is 48.9 Å². The fourth-order valence-electron chi connectivity index (χ4n) is 0. The quantitative estimate of drug-likeness (QED) is 0.594. The number of aliphatic hydroxyl groups excluding tert-OH is 1. The minimum absolute atomic E-state index is 0. The molecule has 0 aliphatic heterocycles. The fraction of sp³-hybridized carbons (Fsp3) is 1.00. The van der Waals surface area contributed by atoms with Crippen molar-refractivity contribution in [2.24, 2.45) is 5.92 Å². The first-order valence-corrected chi connectivity index (χ1v) is 1.88. The summed E-state index contributed by atoms with van der Waals surface area (Å²) < 4.78 is 0. The van der Waals surface area contributed by atoms with E-state index in [2.05, 4.69) is 0 Å². The Kier molecular flexibility index (Phi) is 11.4. The van der Waals surface area contributed by atoms with Gasteiger partial charge in [-0.05, 0) is 5.92 Å². The molecule has 0 bridgehead atoms. The minimum atomic E-state index is 0. The molecule has 0 amide bonds. The van der Waals surface area contributed by atoms with Gasteiger partial charge in [0.1, 0.15) is 0 Å². The van der Waals surface area contributed by atoms with E-state index in [1.165, 1.54) is 0 Å². The summed E-state index contributed by atoms with van der Waals surface area (Å²) in [5, 5.41) is 8.14. The molecule has 0 aromatic heterocycles. The van der Waals surface area contributed by atoms with Gasteiger partial charge in [-0.1, -0.05) is 13.8 Å². The van der Waals surface area contributed by atoms with Crippen molar-refractivity contribution in [1.29, 1.82) is 0 Å². The second-order valence-corrected chi connectivity index (χ2v) is 1.58. The molecule has 6 heavy (non-hydrogen) atoms. The SMILES string of the molecule is CC(C)CO.[BaH2]. The molecule has 0 radical (unpaired) electrons. The normalized spacial score (nSPS) is 8.00. The zero-order valence-electron chi connectivity index (χ0n) is 3.73. The molecule has 0 aromatic carbocycles. The van der Waals surface area contributed by atoms with Crippen LogP contribution in [0.25, 0.3) is 0 Å². The average Bonchev–Trinajstić information content (AvgIpc) is 1.38. The van der Waals surface area contributed by atoms with Gasteiger partial charge in [0.05, 0.1) is 0 Å². The Morgan fingerprint density at radius 3 is 1.67 bits per heavy atom. The van der Waals surface area contributed by atoms with Crippen LogP contribution in [-0.2, 0) is 0 Å². The molecule has 1 N–H and O–H groups in total. The van der Waals surface area contributed by atoms with Gasteiger partial charge in [-0.15, -0.1) is 0 Å². The number of hydrogen-bond donors (Lipinski definition) is 1. The Morgan fingerprint density at radius 1 is 1.50 bits per heavy atom. The summed E-state index contributed by atoms with van der Waals surface area (Å²) in [5.74, 6) is 0.440. The summed E-state index contributed by atoms with van der Waals surface area (Å²) >= 11 is 0. The molecular formula is C4H12BaO. The summed E-state index contributed by atoms with van der Waals surface area (Å²) in [6.45, 7) is 4.25. The van der Waals surface area contributed by atoms with Gasteiger partial charge < -0.3 is 5.11 Å². The summed E-state index contributed by atoms with van der Waals surface area (Å²) in [6.07, 6.45) is 0. The standard InChI is InChI=1S/C4H10O.Ba.2H/c1-4(2)3-5;;;/h4-5H,3H2,1-2H3;;;. The van der Waals surface area contributed by atoms with Crippen molar-refractivity contribution in [3.8, 4) is 0 Å². The Morgan fingerprint density at radius 2 is 1.67 bits per heavy atom. The second-order valence-electron chi connectivity index (χ2n) is 1.58. The van der Waals surface area contributed by atoms with Crippen molar-refractivity contribution >= 4 is 48.9 Å². The zero-order valence-corrected chi connectivity index (χ0v) is 3.73. The van der Waals surface area contributed by atoms with Crippen molar-refractivity contribution in [2.45, 2.75) is 13.8 Å². The van der Waals surface area contributed by atoms with Crippen LogP contribution in [0, 0.1) is 5.92 Å². The van der Waals surface area contributed by atoms with Gasteiger partial charge in [0.25, 0.3) is 0 Å². The third-order valence-corrected chi connectivity index (χ3v) is 0.365.